The van der Waals surface area contributed by atoms with Crippen LogP contribution >= 0.6 is 11.8 Å². The van der Waals surface area contributed by atoms with Crippen LogP contribution in [0.4, 0.5) is 0 Å². The number of nitrogens with two attached hydrogens (primary N) is 1. The maximum absolute atomic E-state index is 12.4. The van der Waals surface area contributed by atoms with Crippen molar-refractivity contribution >= 4 is 21.8 Å². The van der Waals surface area contributed by atoms with Crippen LogP contribution in [-0.2, 0) is 16.6 Å². The van der Waals surface area contributed by atoms with Gasteiger partial charge in [-0.3, -0.25) is 0 Å². The molecule has 0 aliphatic heterocycles. The van der Waals surface area contributed by atoms with E-state index in [9.17, 15) is 8.42 Å². The molecule has 3 N–H and O–H groups in total. The molecule has 0 saturated heterocycles. The summed E-state index contributed by atoms with van der Waals surface area (Å²) in [6.45, 7) is 6.59. The molecule has 1 aromatic carbocycles. The van der Waals surface area contributed by atoms with Gasteiger partial charge in [-0.05, 0) is 54.5 Å². The molecule has 0 aliphatic rings. The topological polar surface area (TPSA) is 72.2 Å². The Labute approximate surface area is 126 Å². The van der Waals surface area contributed by atoms with E-state index in [1.54, 1.807) is 17.8 Å². The number of thioether (sulfide) groups is 1. The standard InChI is InChI=1S/C14H24N2O2S2/c1-10(9-19-4)8-16-20(17,18)14-6-13(7-15)11(2)5-12(14)3/h5-6,10,16H,7-9,15H2,1-4H3. The summed E-state index contributed by atoms with van der Waals surface area (Å²) in [5, 5.41) is 0. The minimum Gasteiger partial charge on any atom is -0.326 e. The maximum atomic E-state index is 12.4. The van der Waals surface area contributed by atoms with Crippen LogP contribution < -0.4 is 10.5 Å². The molecule has 0 spiro atoms. The van der Waals surface area contributed by atoms with Gasteiger partial charge < -0.3 is 5.73 Å². The maximum Gasteiger partial charge on any atom is 0.240 e. The van der Waals surface area contributed by atoms with Crippen molar-refractivity contribution < 1.29 is 8.42 Å². The summed E-state index contributed by atoms with van der Waals surface area (Å²) in [6, 6.07) is 3.56. The zero-order chi connectivity index (χ0) is 15.3. The summed E-state index contributed by atoms with van der Waals surface area (Å²) in [5.41, 5.74) is 8.31. The number of rotatable bonds is 7. The summed E-state index contributed by atoms with van der Waals surface area (Å²) in [4.78, 5) is 0.333. The summed E-state index contributed by atoms with van der Waals surface area (Å²) in [6.07, 6.45) is 2.02. The highest BCUT2D eigenvalue weighted by Crippen LogP contribution is 2.20. The first-order valence-electron chi connectivity index (χ1n) is 6.60. The van der Waals surface area contributed by atoms with E-state index in [1.807, 2.05) is 33.1 Å². The Kier molecular flexibility index (Phi) is 6.51. The van der Waals surface area contributed by atoms with Crippen molar-refractivity contribution in [3.63, 3.8) is 0 Å². The first-order valence-corrected chi connectivity index (χ1v) is 9.48. The zero-order valence-corrected chi connectivity index (χ0v) is 14.2. The number of hydrogen-bond acceptors (Lipinski definition) is 4. The number of sulfonamides is 1. The third-order valence-corrected chi connectivity index (χ3v) is 5.68. The molecule has 0 amide bonds. The Bertz CT molecular complexity index is 557. The van der Waals surface area contributed by atoms with Crippen LogP contribution in [-0.4, -0.2) is 27.0 Å². The van der Waals surface area contributed by atoms with Crippen molar-refractivity contribution in [2.24, 2.45) is 11.7 Å². The molecule has 6 heteroatoms. The van der Waals surface area contributed by atoms with Crippen LogP contribution in [0.5, 0.6) is 0 Å². The lowest BCUT2D eigenvalue weighted by atomic mass is 10.1. The van der Waals surface area contributed by atoms with Crippen molar-refractivity contribution in [1.29, 1.82) is 0 Å². The van der Waals surface area contributed by atoms with Crippen LogP contribution in [0.2, 0.25) is 0 Å². The van der Waals surface area contributed by atoms with Gasteiger partial charge in [-0.25, -0.2) is 13.1 Å². The fourth-order valence-electron chi connectivity index (χ4n) is 2.06. The van der Waals surface area contributed by atoms with Crippen LogP contribution in [0.25, 0.3) is 0 Å². The monoisotopic (exact) mass is 316 g/mol. The molecule has 0 heterocycles. The predicted octanol–water partition coefficient (Wildman–Crippen LogP) is 2.04. The van der Waals surface area contributed by atoms with Crippen molar-refractivity contribution in [2.75, 3.05) is 18.6 Å². The van der Waals surface area contributed by atoms with Gasteiger partial charge in [0, 0.05) is 13.1 Å². The molecule has 0 bridgehead atoms. The summed E-state index contributed by atoms with van der Waals surface area (Å²) >= 11 is 1.72. The minimum atomic E-state index is -3.47. The van der Waals surface area contributed by atoms with E-state index in [4.69, 9.17) is 5.73 Å². The SMILES string of the molecule is CSCC(C)CNS(=O)(=O)c1cc(CN)c(C)cc1C. The van der Waals surface area contributed by atoms with E-state index in [0.717, 1.165) is 22.4 Å². The molecule has 114 valence electrons. The number of hydrogen-bond donors (Lipinski definition) is 2. The Morgan fingerprint density at radius 2 is 1.95 bits per heavy atom. The van der Waals surface area contributed by atoms with Gasteiger partial charge in [0.1, 0.15) is 0 Å². The third kappa shape index (κ3) is 4.48. The van der Waals surface area contributed by atoms with E-state index in [1.165, 1.54) is 0 Å². The van der Waals surface area contributed by atoms with Crippen molar-refractivity contribution in [3.05, 3.63) is 28.8 Å². The molecule has 0 aromatic heterocycles. The molecule has 1 atom stereocenters. The van der Waals surface area contributed by atoms with E-state index in [-0.39, 0.29) is 0 Å². The van der Waals surface area contributed by atoms with Gasteiger partial charge in [-0.15, -0.1) is 0 Å². The van der Waals surface area contributed by atoms with E-state index < -0.39 is 10.0 Å². The Hall–Kier alpha value is -0.560. The number of benzene rings is 1. The van der Waals surface area contributed by atoms with Crippen LogP contribution in [0.3, 0.4) is 0 Å². The van der Waals surface area contributed by atoms with E-state index in [0.29, 0.717) is 23.9 Å². The van der Waals surface area contributed by atoms with Crippen LogP contribution in [0.1, 0.15) is 23.6 Å². The number of aryl methyl sites for hydroxylation is 2. The van der Waals surface area contributed by atoms with Gasteiger partial charge in [-0.1, -0.05) is 13.0 Å². The van der Waals surface area contributed by atoms with E-state index >= 15 is 0 Å². The van der Waals surface area contributed by atoms with Crippen LogP contribution in [0.15, 0.2) is 17.0 Å². The Morgan fingerprint density at radius 1 is 1.30 bits per heavy atom. The molecule has 0 aliphatic carbocycles. The Morgan fingerprint density at radius 3 is 2.50 bits per heavy atom. The molecule has 0 radical (unpaired) electrons. The summed E-state index contributed by atoms with van der Waals surface area (Å²) in [7, 11) is -3.47. The number of nitrogens with one attached hydrogen (secondary N) is 1. The van der Waals surface area contributed by atoms with Gasteiger partial charge in [0.05, 0.1) is 4.90 Å². The molecule has 0 fully saturated rings. The first kappa shape index (κ1) is 17.5. The predicted molar refractivity (Wildman–Crippen MR) is 86.5 cm³/mol. The lowest BCUT2D eigenvalue weighted by molar-refractivity contribution is 0.562. The molecule has 4 nitrogen and oxygen atoms in total. The van der Waals surface area contributed by atoms with Gasteiger partial charge in [0.15, 0.2) is 0 Å². The van der Waals surface area contributed by atoms with Crippen molar-refractivity contribution in [3.8, 4) is 0 Å². The minimum absolute atomic E-state index is 0.305. The highest BCUT2D eigenvalue weighted by atomic mass is 32.2. The van der Waals surface area contributed by atoms with Crippen LogP contribution in [0, 0.1) is 19.8 Å². The average molecular weight is 316 g/mol. The summed E-state index contributed by atoms with van der Waals surface area (Å²) in [5.74, 6) is 1.24. The van der Waals surface area contributed by atoms with E-state index in [2.05, 4.69) is 4.72 Å². The van der Waals surface area contributed by atoms with Gasteiger partial charge in [0.2, 0.25) is 10.0 Å². The second kappa shape index (κ2) is 7.45. The lowest BCUT2D eigenvalue weighted by Gasteiger charge is -2.15. The average Bonchev–Trinajstić information content (AvgIpc) is 2.37. The van der Waals surface area contributed by atoms with Crippen molar-refractivity contribution in [1.82, 2.24) is 4.72 Å². The zero-order valence-electron chi connectivity index (χ0n) is 12.6. The third-order valence-electron chi connectivity index (χ3n) is 3.22. The second-order valence-electron chi connectivity index (χ2n) is 5.16. The normalized spacial score (nSPS) is 13.4. The second-order valence-corrected chi connectivity index (χ2v) is 7.81. The van der Waals surface area contributed by atoms with Gasteiger partial charge in [-0.2, -0.15) is 11.8 Å². The van der Waals surface area contributed by atoms with Crippen molar-refractivity contribution in [2.45, 2.75) is 32.2 Å². The molecular formula is C14H24N2O2S2. The molecule has 1 aromatic rings. The molecule has 0 saturated carbocycles. The quantitative estimate of drug-likeness (QED) is 0.807. The lowest BCUT2D eigenvalue weighted by Crippen LogP contribution is -2.30. The molecule has 1 rings (SSSR count). The highest BCUT2D eigenvalue weighted by molar-refractivity contribution is 7.98. The molecule has 20 heavy (non-hydrogen) atoms. The summed E-state index contributed by atoms with van der Waals surface area (Å²) < 4.78 is 27.5. The van der Waals surface area contributed by atoms with Gasteiger partial charge >= 0.3 is 0 Å². The fraction of sp³-hybridized carbons (Fsp3) is 0.571. The smallest absolute Gasteiger partial charge is 0.240 e. The first-order chi connectivity index (χ1) is 9.31. The molecular weight excluding hydrogens is 292 g/mol. The largest absolute Gasteiger partial charge is 0.326 e. The Balaban J connectivity index is 2.98. The highest BCUT2D eigenvalue weighted by Gasteiger charge is 2.18. The van der Waals surface area contributed by atoms with Gasteiger partial charge in [0.25, 0.3) is 0 Å². The molecule has 1 unspecified atom stereocenters. The fourth-order valence-corrected chi connectivity index (χ4v) is 4.18.